The minimum Gasteiger partial charge on any atom is -0.508 e. The van der Waals surface area contributed by atoms with Crippen LogP contribution >= 0.6 is 35.3 Å². The molecule has 1 aliphatic rings. The molecule has 148 valence electrons. The fraction of sp³-hybridized carbons (Fsp3) is 0.474. The molecule has 1 aliphatic carbocycles. The minimum atomic E-state index is 0. The number of aliphatic imine (C=N–C) groups is 1. The van der Waals surface area contributed by atoms with Crippen molar-refractivity contribution in [3.63, 3.8) is 0 Å². The number of ether oxygens (including phenoxy) is 1. The van der Waals surface area contributed by atoms with Crippen molar-refractivity contribution in [2.24, 2.45) is 4.99 Å². The molecule has 2 aromatic rings. The quantitative estimate of drug-likeness (QED) is 0.372. The van der Waals surface area contributed by atoms with Crippen molar-refractivity contribution in [3.05, 3.63) is 39.3 Å². The summed E-state index contributed by atoms with van der Waals surface area (Å²) in [7, 11) is 5.38. The van der Waals surface area contributed by atoms with E-state index < -0.39 is 0 Å². The van der Waals surface area contributed by atoms with Gasteiger partial charge in [-0.3, -0.25) is 4.99 Å². The number of halogens is 1. The number of nitrogens with one attached hydrogen (secondary N) is 1. The number of thiazole rings is 1. The van der Waals surface area contributed by atoms with E-state index in [9.17, 15) is 5.11 Å². The monoisotopic (exact) mass is 502 g/mol. The Bertz CT molecular complexity index is 771. The summed E-state index contributed by atoms with van der Waals surface area (Å²) in [5.74, 6) is 1.72. The largest absolute Gasteiger partial charge is 0.508 e. The molecule has 0 atom stereocenters. The number of aromatic nitrogens is 1. The van der Waals surface area contributed by atoms with E-state index in [2.05, 4.69) is 15.2 Å². The molecular formula is C19H27IN4O2S. The highest BCUT2D eigenvalue weighted by Gasteiger charge is 2.17. The number of nitrogens with zero attached hydrogens (tertiary/aromatic N) is 3. The van der Waals surface area contributed by atoms with E-state index in [0.717, 1.165) is 35.2 Å². The zero-order valence-corrected chi connectivity index (χ0v) is 19.1. The third-order valence-corrected chi connectivity index (χ3v) is 5.70. The Balaban J connectivity index is 0.00000261. The van der Waals surface area contributed by atoms with Crippen molar-refractivity contribution in [2.45, 2.75) is 38.8 Å². The second-order valence-electron chi connectivity index (χ2n) is 6.44. The standard InChI is InChI=1S/C19H26N4O2S.HI/c1-20-19(21-11-13-10-14(25-3)8-9-16(13)24)23(2)12-18-22-15-6-4-5-7-17(15)26-18;/h8-10,24H,4-7,11-12H2,1-3H3,(H,20,21);1H. The Morgan fingerprint density at radius 2 is 2.15 bits per heavy atom. The highest BCUT2D eigenvalue weighted by molar-refractivity contribution is 14.0. The van der Waals surface area contributed by atoms with Crippen LogP contribution in [0.3, 0.4) is 0 Å². The molecule has 2 N–H and O–H groups in total. The fourth-order valence-electron chi connectivity index (χ4n) is 3.14. The van der Waals surface area contributed by atoms with E-state index in [1.807, 2.05) is 24.5 Å². The van der Waals surface area contributed by atoms with Crippen molar-refractivity contribution >= 4 is 41.3 Å². The van der Waals surface area contributed by atoms with Crippen LogP contribution in [-0.2, 0) is 25.9 Å². The topological polar surface area (TPSA) is 70.0 Å². The van der Waals surface area contributed by atoms with Gasteiger partial charge in [-0.1, -0.05) is 0 Å². The molecule has 0 fully saturated rings. The number of hydrogen-bond donors (Lipinski definition) is 2. The summed E-state index contributed by atoms with van der Waals surface area (Å²) in [5, 5.41) is 14.5. The molecule has 1 aromatic carbocycles. The van der Waals surface area contributed by atoms with Crippen LogP contribution in [0.4, 0.5) is 0 Å². The van der Waals surface area contributed by atoms with Crippen molar-refractivity contribution in [1.82, 2.24) is 15.2 Å². The van der Waals surface area contributed by atoms with Crippen LogP contribution in [0.15, 0.2) is 23.2 Å². The zero-order valence-electron chi connectivity index (χ0n) is 16.0. The number of fused-ring (bicyclic) bond motifs is 1. The first-order valence-corrected chi connectivity index (χ1v) is 9.67. The highest BCUT2D eigenvalue weighted by atomic mass is 127. The maximum Gasteiger partial charge on any atom is 0.194 e. The number of methoxy groups -OCH3 is 1. The van der Waals surface area contributed by atoms with Gasteiger partial charge in [0.05, 0.1) is 19.3 Å². The molecule has 6 nitrogen and oxygen atoms in total. The molecule has 8 heteroatoms. The van der Waals surface area contributed by atoms with Gasteiger partial charge < -0.3 is 20.1 Å². The van der Waals surface area contributed by atoms with Gasteiger partial charge in [-0.05, 0) is 43.9 Å². The van der Waals surface area contributed by atoms with Crippen molar-refractivity contribution in [1.29, 1.82) is 0 Å². The first kappa shape index (κ1) is 21.7. The van der Waals surface area contributed by atoms with E-state index in [1.54, 1.807) is 26.3 Å². The Morgan fingerprint density at radius 3 is 2.85 bits per heavy atom. The highest BCUT2D eigenvalue weighted by Crippen LogP contribution is 2.27. The molecule has 1 heterocycles. The number of guanidine groups is 1. The van der Waals surface area contributed by atoms with Crippen LogP contribution in [0.1, 0.15) is 34.0 Å². The summed E-state index contributed by atoms with van der Waals surface area (Å²) >= 11 is 1.82. The van der Waals surface area contributed by atoms with Gasteiger partial charge in [-0.25, -0.2) is 4.98 Å². The summed E-state index contributed by atoms with van der Waals surface area (Å²) in [6, 6.07) is 5.21. The Morgan fingerprint density at radius 1 is 1.37 bits per heavy atom. The fourth-order valence-corrected chi connectivity index (χ4v) is 4.35. The predicted molar refractivity (Wildman–Crippen MR) is 120 cm³/mol. The molecular weight excluding hydrogens is 475 g/mol. The van der Waals surface area contributed by atoms with Gasteiger partial charge in [0.25, 0.3) is 0 Å². The van der Waals surface area contributed by atoms with Crippen LogP contribution in [0.2, 0.25) is 0 Å². The van der Waals surface area contributed by atoms with Gasteiger partial charge in [0, 0.05) is 31.1 Å². The normalized spacial score (nSPS) is 13.5. The van der Waals surface area contributed by atoms with Crippen molar-refractivity contribution in [2.75, 3.05) is 21.2 Å². The third kappa shape index (κ3) is 5.47. The van der Waals surface area contributed by atoms with Crippen LogP contribution in [0, 0.1) is 0 Å². The lowest BCUT2D eigenvalue weighted by Crippen LogP contribution is -2.38. The summed E-state index contributed by atoms with van der Waals surface area (Å²) in [6.45, 7) is 1.19. The molecule has 3 rings (SSSR count). The van der Waals surface area contributed by atoms with Gasteiger partial charge in [-0.15, -0.1) is 35.3 Å². The van der Waals surface area contributed by atoms with Crippen LogP contribution in [0.5, 0.6) is 11.5 Å². The van der Waals surface area contributed by atoms with E-state index in [0.29, 0.717) is 6.54 Å². The smallest absolute Gasteiger partial charge is 0.194 e. The van der Waals surface area contributed by atoms with E-state index in [1.165, 1.54) is 29.8 Å². The SMILES string of the molecule is CN=C(NCc1cc(OC)ccc1O)N(C)Cc1nc2c(s1)CCCC2.I. The number of aromatic hydroxyl groups is 1. The van der Waals surface area contributed by atoms with Gasteiger partial charge in [-0.2, -0.15) is 0 Å². The molecule has 0 saturated heterocycles. The number of rotatable bonds is 5. The van der Waals surface area contributed by atoms with Gasteiger partial charge in [0.1, 0.15) is 16.5 Å². The zero-order chi connectivity index (χ0) is 18.5. The van der Waals surface area contributed by atoms with Gasteiger partial charge in [0.2, 0.25) is 0 Å². The summed E-state index contributed by atoms with van der Waals surface area (Å²) in [4.78, 5) is 12.7. The third-order valence-electron chi connectivity index (χ3n) is 4.56. The Hall–Kier alpha value is -1.55. The van der Waals surface area contributed by atoms with E-state index >= 15 is 0 Å². The minimum absolute atomic E-state index is 0. The number of phenols is 1. The van der Waals surface area contributed by atoms with Crippen LogP contribution in [0.25, 0.3) is 0 Å². The number of phenolic OH excluding ortho intramolecular Hbond substituents is 1. The summed E-state index contributed by atoms with van der Waals surface area (Å²) < 4.78 is 5.22. The summed E-state index contributed by atoms with van der Waals surface area (Å²) in [6.07, 6.45) is 4.80. The van der Waals surface area contributed by atoms with Crippen LogP contribution < -0.4 is 10.1 Å². The number of benzene rings is 1. The molecule has 0 radical (unpaired) electrons. The van der Waals surface area contributed by atoms with Gasteiger partial charge in [0.15, 0.2) is 5.96 Å². The van der Waals surface area contributed by atoms with Gasteiger partial charge >= 0.3 is 0 Å². The predicted octanol–water partition coefficient (Wildman–Crippen LogP) is 3.56. The van der Waals surface area contributed by atoms with E-state index in [-0.39, 0.29) is 29.7 Å². The molecule has 0 saturated carbocycles. The first-order valence-electron chi connectivity index (χ1n) is 8.86. The molecule has 27 heavy (non-hydrogen) atoms. The Labute approximate surface area is 181 Å². The second kappa shape index (κ2) is 10.1. The molecule has 0 bridgehead atoms. The molecule has 0 aliphatic heterocycles. The molecule has 0 amide bonds. The lowest BCUT2D eigenvalue weighted by Gasteiger charge is -2.21. The van der Waals surface area contributed by atoms with Crippen LogP contribution in [-0.4, -0.2) is 42.2 Å². The molecule has 1 aromatic heterocycles. The lowest BCUT2D eigenvalue weighted by molar-refractivity contribution is 0.410. The first-order chi connectivity index (χ1) is 12.6. The molecule has 0 unspecified atom stereocenters. The van der Waals surface area contributed by atoms with Crippen molar-refractivity contribution < 1.29 is 9.84 Å². The second-order valence-corrected chi connectivity index (χ2v) is 7.60. The van der Waals surface area contributed by atoms with E-state index in [4.69, 9.17) is 9.72 Å². The molecule has 0 spiro atoms. The Kier molecular flexibility index (Phi) is 8.15. The number of aryl methyl sites for hydroxylation is 2. The average Bonchev–Trinajstić information content (AvgIpc) is 3.05. The van der Waals surface area contributed by atoms with Crippen molar-refractivity contribution in [3.8, 4) is 11.5 Å². The number of hydrogen-bond acceptors (Lipinski definition) is 5. The maximum atomic E-state index is 10.0. The summed E-state index contributed by atoms with van der Waals surface area (Å²) in [5.41, 5.74) is 2.05. The lowest BCUT2D eigenvalue weighted by atomic mass is 10.0. The average molecular weight is 502 g/mol. The maximum absolute atomic E-state index is 10.0.